The topological polar surface area (TPSA) is 77.7 Å². The standard InChI is InChI=1S/C18H17N3O4/c1-23-8-6-21-7-9-24-17-13(18(21)22)11-19-16(20-17)15-10-12-4-2-3-5-14(12)25-15/h2-5,10-11H,6-9H2,1H3. The molecule has 2 aromatic heterocycles. The van der Waals surface area contributed by atoms with Crippen LogP contribution in [0.3, 0.4) is 0 Å². The van der Waals surface area contributed by atoms with Crippen molar-refractivity contribution in [3.63, 3.8) is 0 Å². The third-order valence-electron chi connectivity index (χ3n) is 4.08. The lowest BCUT2D eigenvalue weighted by Gasteiger charge is -2.18. The number of nitrogens with zero attached hydrogens (tertiary/aromatic N) is 3. The Morgan fingerprint density at radius 1 is 1.32 bits per heavy atom. The van der Waals surface area contributed by atoms with E-state index in [2.05, 4.69) is 9.97 Å². The van der Waals surface area contributed by atoms with E-state index in [1.165, 1.54) is 6.20 Å². The van der Waals surface area contributed by atoms with Crippen molar-refractivity contribution in [3.05, 3.63) is 42.1 Å². The van der Waals surface area contributed by atoms with Crippen LogP contribution in [0.2, 0.25) is 0 Å². The molecule has 25 heavy (non-hydrogen) atoms. The first-order valence-corrected chi connectivity index (χ1v) is 8.03. The highest BCUT2D eigenvalue weighted by Gasteiger charge is 2.26. The minimum atomic E-state index is -0.152. The molecule has 7 heteroatoms. The minimum absolute atomic E-state index is 0.152. The summed E-state index contributed by atoms with van der Waals surface area (Å²) in [6, 6.07) is 9.57. The van der Waals surface area contributed by atoms with Gasteiger partial charge in [-0.25, -0.2) is 4.98 Å². The van der Waals surface area contributed by atoms with Crippen LogP contribution >= 0.6 is 0 Å². The largest absolute Gasteiger partial charge is 0.475 e. The van der Waals surface area contributed by atoms with Crippen LogP contribution in [-0.4, -0.2) is 54.2 Å². The zero-order chi connectivity index (χ0) is 17.2. The Balaban J connectivity index is 1.68. The number of furan rings is 1. The van der Waals surface area contributed by atoms with Crippen molar-refractivity contribution in [2.24, 2.45) is 0 Å². The van der Waals surface area contributed by atoms with Gasteiger partial charge in [-0.1, -0.05) is 18.2 Å². The zero-order valence-corrected chi connectivity index (χ0v) is 13.8. The van der Waals surface area contributed by atoms with Gasteiger partial charge in [-0.15, -0.1) is 0 Å². The normalized spacial score (nSPS) is 14.3. The number of benzene rings is 1. The third-order valence-corrected chi connectivity index (χ3v) is 4.08. The lowest BCUT2D eigenvalue weighted by molar-refractivity contribution is 0.0693. The van der Waals surface area contributed by atoms with E-state index in [1.54, 1.807) is 12.0 Å². The number of carbonyl (C=O) groups is 1. The number of hydrogen-bond donors (Lipinski definition) is 0. The predicted molar refractivity (Wildman–Crippen MR) is 90.5 cm³/mol. The fourth-order valence-electron chi connectivity index (χ4n) is 2.77. The summed E-state index contributed by atoms with van der Waals surface area (Å²) in [6.45, 7) is 1.83. The van der Waals surface area contributed by atoms with E-state index in [0.717, 1.165) is 11.0 Å². The van der Waals surface area contributed by atoms with Gasteiger partial charge in [-0.05, 0) is 12.1 Å². The molecular formula is C18H17N3O4. The SMILES string of the molecule is COCCN1CCOc2nc(-c3cc4ccccc4o3)ncc2C1=O. The average Bonchev–Trinajstić information content (AvgIpc) is 3.01. The summed E-state index contributed by atoms with van der Waals surface area (Å²) < 4.78 is 16.5. The Bertz CT molecular complexity index is 889. The van der Waals surface area contributed by atoms with Gasteiger partial charge in [0.2, 0.25) is 5.88 Å². The van der Waals surface area contributed by atoms with Gasteiger partial charge < -0.3 is 18.8 Å². The van der Waals surface area contributed by atoms with Gasteiger partial charge in [0.15, 0.2) is 11.6 Å². The molecule has 0 unspecified atom stereocenters. The second-order valence-electron chi connectivity index (χ2n) is 5.69. The van der Waals surface area contributed by atoms with Crippen LogP contribution in [0.4, 0.5) is 0 Å². The highest BCUT2D eigenvalue weighted by molar-refractivity contribution is 5.96. The van der Waals surface area contributed by atoms with Gasteiger partial charge >= 0.3 is 0 Å². The van der Waals surface area contributed by atoms with Crippen LogP contribution in [0.1, 0.15) is 10.4 Å². The molecule has 3 aromatic rings. The summed E-state index contributed by atoms with van der Waals surface area (Å²) in [7, 11) is 1.61. The smallest absolute Gasteiger partial charge is 0.261 e. The first-order chi connectivity index (χ1) is 12.3. The van der Waals surface area contributed by atoms with Gasteiger partial charge in [0.05, 0.1) is 13.2 Å². The molecule has 0 radical (unpaired) electrons. The Morgan fingerprint density at radius 3 is 3.04 bits per heavy atom. The van der Waals surface area contributed by atoms with Gasteiger partial charge in [-0.3, -0.25) is 4.79 Å². The number of para-hydroxylation sites is 1. The molecule has 1 amide bonds. The van der Waals surface area contributed by atoms with E-state index in [-0.39, 0.29) is 11.8 Å². The molecule has 0 bridgehead atoms. The summed E-state index contributed by atoms with van der Waals surface area (Å²) in [6.07, 6.45) is 1.50. The van der Waals surface area contributed by atoms with Crippen molar-refractivity contribution in [2.45, 2.75) is 0 Å². The molecule has 1 aliphatic rings. The number of fused-ring (bicyclic) bond motifs is 2. The fraction of sp³-hybridized carbons (Fsp3) is 0.278. The number of ether oxygens (including phenoxy) is 2. The summed E-state index contributed by atoms with van der Waals surface area (Å²) in [5.74, 6) is 1.07. The number of methoxy groups -OCH3 is 1. The van der Waals surface area contributed by atoms with Crippen molar-refractivity contribution in [1.82, 2.24) is 14.9 Å². The molecule has 1 aromatic carbocycles. The monoisotopic (exact) mass is 339 g/mol. The average molecular weight is 339 g/mol. The quantitative estimate of drug-likeness (QED) is 0.726. The van der Waals surface area contributed by atoms with Gasteiger partial charge in [0.25, 0.3) is 5.91 Å². The predicted octanol–water partition coefficient (Wildman–Crippen LogP) is 2.37. The summed E-state index contributed by atoms with van der Waals surface area (Å²) >= 11 is 0. The van der Waals surface area contributed by atoms with Crippen LogP contribution in [0.5, 0.6) is 5.88 Å². The lowest BCUT2D eigenvalue weighted by Crippen LogP contribution is -2.35. The van der Waals surface area contributed by atoms with Crippen LogP contribution < -0.4 is 4.74 Å². The number of aromatic nitrogens is 2. The molecule has 0 atom stereocenters. The third kappa shape index (κ3) is 2.94. The van der Waals surface area contributed by atoms with E-state index >= 15 is 0 Å². The van der Waals surface area contributed by atoms with Crippen molar-refractivity contribution in [2.75, 3.05) is 33.4 Å². The van der Waals surface area contributed by atoms with Crippen molar-refractivity contribution in [3.8, 4) is 17.5 Å². The molecule has 0 saturated heterocycles. The molecule has 0 saturated carbocycles. The second-order valence-corrected chi connectivity index (χ2v) is 5.69. The maximum Gasteiger partial charge on any atom is 0.261 e. The second kappa shape index (κ2) is 6.52. The van der Waals surface area contributed by atoms with Crippen molar-refractivity contribution in [1.29, 1.82) is 0 Å². The highest BCUT2D eigenvalue weighted by atomic mass is 16.5. The molecular weight excluding hydrogens is 322 g/mol. The van der Waals surface area contributed by atoms with Crippen LogP contribution in [0.25, 0.3) is 22.6 Å². The lowest BCUT2D eigenvalue weighted by atomic mass is 10.2. The molecule has 0 N–H and O–H groups in total. The first-order valence-electron chi connectivity index (χ1n) is 8.03. The number of rotatable bonds is 4. The fourth-order valence-corrected chi connectivity index (χ4v) is 2.77. The van der Waals surface area contributed by atoms with E-state index in [4.69, 9.17) is 13.9 Å². The zero-order valence-electron chi connectivity index (χ0n) is 13.8. The van der Waals surface area contributed by atoms with Gasteiger partial charge in [0.1, 0.15) is 17.8 Å². The summed E-state index contributed by atoms with van der Waals surface area (Å²) in [4.78, 5) is 23.0. The van der Waals surface area contributed by atoms with Gasteiger partial charge in [-0.2, -0.15) is 4.98 Å². The maximum atomic E-state index is 12.6. The Kier molecular flexibility index (Phi) is 4.07. The Morgan fingerprint density at radius 2 is 2.20 bits per heavy atom. The van der Waals surface area contributed by atoms with Crippen molar-refractivity contribution >= 4 is 16.9 Å². The van der Waals surface area contributed by atoms with E-state index in [9.17, 15) is 4.79 Å². The van der Waals surface area contributed by atoms with Crippen molar-refractivity contribution < 1.29 is 18.7 Å². The molecule has 1 aliphatic heterocycles. The maximum absolute atomic E-state index is 12.6. The van der Waals surface area contributed by atoms with Crippen LogP contribution in [0.15, 0.2) is 40.9 Å². The molecule has 4 rings (SSSR count). The number of hydrogen-bond acceptors (Lipinski definition) is 6. The summed E-state index contributed by atoms with van der Waals surface area (Å²) in [5, 5.41) is 0.971. The minimum Gasteiger partial charge on any atom is -0.475 e. The molecule has 0 fully saturated rings. The Hall–Kier alpha value is -2.93. The summed E-state index contributed by atoms with van der Waals surface area (Å²) in [5.41, 5.74) is 1.12. The highest BCUT2D eigenvalue weighted by Crippen LogP contribution is 2.28. The molecule has 3 heterocycles. The number of amides is 1. The molecule has 0 aliphatic carbocycles. The first kappa shape index (κ1) is 15.6. The molecule has 7 nitrogen and oxygen atoms in total. The molecule has 128 valence electrons. The van der Waals surface area contributed by atoms with Crippen LogP contribution in [-0.2, 0) is 4.74 Å². The molecule has 0 spiro atoms. The Labute approximate surface area is 144 Å². The van der Waals surface area contributed by atoms with E-state index in [0.29, 0.717) is 43.5 Å². The van der Waals surface area contributed by atoms with E-state index < -0.39 is 0 Å². The van der Waals surface area contributed by atoms with Crippen LogP contribution in [0, 0.1) is 0 Å². The van der Waals surface area contributed by atoms with E-state index in [1.807, 2.05) is 30.3 Å². The number of carbonyl (C=O) groups excluding carboxylic acids is 1. The van der Waals surface area contributed by atoms with Gasteiger partial charge in [0, 0.05) is 25.2 Å².